The lowest BCUT2D eigenvalue weighted by Crippen LogP contribution is -2.45. The Balaban J connectivity index is 1.74. The van der Waals surface area contributed by atoms with Gasteiger partial charge in [-0.1, -0.05) is 11.6 Å². The van der Waals surface area contributed by atoms with Crippen LogP contribution < -0.4 is 5.32 Å². The molecule has 0 saturated heterocycles. The molecule has 0 spiro atoms. The van der Waals surface area contributed by atoms with E-state index in [0.29, 0.717) is 0 Å². The van der Waals surface area contributed by atoms with Crippen LogP contribution in [0.5, 0.6) is 0 Å². The second-order valence-electron chi connectivity index (χ2n) is 6.94. The second kappa shape index (κ2) is 8.10. The summed E-state index contributed by atoms with van der Waals surface area (Å²) in [5.74, 6) is -0.998. The van der Waals surface area contributed by atoms with Crippen LogP contribution in [0.25, 0.3) is 0 Å². The van der Waals surface area contributed by atoms with Gasteiger partial charge < -0.3 is 5.32 Å². The van der Waals surface area contributed by atoms with Gasteiger partial charge in [-0.3, -0.25) is 19.5 Å². The van der Waals surface area contributed by atoms with E-state index in [4.69, 9.17) is 11.6 Å². The Bertz CT molecular complexity index is 1040. The molecule has 0 fully saturated rings. The fourth-order valence-corrected chi connectivity index (χ4v) is 5.67. The molecule has 0 unspecified atom stereocenters. The van der Waals surface area contributed by atoms with Crippen LogP contribution in [0.4, 0.5) is 5.69 Å². The van der Waals surface area contributed by atoms with Crippen molar-refractivity contribution >= 4 is 57.2 Å². The van der Waals surface area contributed by atoms with Crippen LogP contribution in [0.1, 0.15) is 13.8 Å². The summed E-state index contributed by atoms with van der Waals surface area (Å²) in [4.78, 5) is 31.9. The van der Waals surface area contributed by atoms with Gasteiger partial charge >= 0.3 is 0 Å². The highest BCUT2D eigenvalue weighted by atomic mass is 35.5. The minimum absolute atomic E-state index is 0.0532. The van der Waals surface area contributed by atoms with Crippen molar-refractivity contribution in [3.8, 4) is 0 Å². The first-order valence-electron chi connectivity index (χ1n) is 8.72. The molecule has 29 heavy (non-hydrogen) atoms. The lowest BCUT2D eigenvalue weighted by atomic mass is 9.98. The van der Waals surface area contributed by atoms with Crippen LogP contribution >= 0.6 is 23.4 Å². The SMILES string of the molecule is CC1=C(C)[C@H]2C(=O)N(CC(=O)Nc3ccc(Cl)c(S(=O)(=O)N(C)C)c3)C=N[C@H]2S1. The average molecular weight is 457 g/mol. The normalized spacial score (nSPS) is 21.7. The van der Waals surface area contributed by atoms with Gasteiger partial charge in [-0.05, 0) is 42.5 Å². The summed E-state index contributed by atoms with van der Waals surface area (Å²) in [6, 6.07) is 4.20. The topological polar surface area (TPSA) is 99.2 Å². The Hall–Kier alpha value is -1.88. The molecule has 0 aromatic heterocycles. The lowest BCUT2D eigenvalue weighted by Gasteiger charge is -2.28. The zero-order valence-corrected chi connectivity index (χ0v) is 18.7. The van der Waals surface area contributed by atoms with E-state index in [2.05, 4.69) is 10.3 Å². The molecule has 3 rings (SSSR count). The molecule has 2 aliphatic heterocycles. The van der Waals surface area contributed by atoms with Crippen LogP contribution in [0.2, 0.25) is 5.02 Å². The zero-order valence-electron chi connectivity index (χ0n) is 16.3. The Morgan fingerprint density at radius 1 is 1.34 bits per heavy atom. The van der Waals surface area contributed by atoms with E-state index in [1.807, 2.05) is 13.8 Å². The van der Waals surface area contributed by atoms with Gasteiger partial charge in [0.25, 0.3) is 0 Å². The fourth-order valence-electron chi connectivity index (χ4n) is 3.03. The summed E-state index contributed by atoms with van der Waals surface area (Å²) < 4.78 is 25.8. The Morgan fingerprint density at radius 2 is 2.03 bits per heavy atom. The highest BCUT2D eigenvalue weighted by molar-refractivity contribution is 8.04. The van der Waals surface area contributed by atoms with E-state index in [0.717, 1.165) is 14.8 Å². The van der Waals surface area contributed by atoms with Crippen molar-refractivity contribution in [3.63, 3.8) is 0 Å². The van der Waals surface area contributed by atoms with Gasteiger partial charge in [-0.25, -0.2) is 12.7 Å². The number of carbonyl (C=O) groups is 2. The number of aliphatic imine (C=N–C) groups is 1. The third-order valence-electron chi connectivity index (χ3n) is 4.79. The Labute approximate surface area is 179 Å². The van der Waals surface area contributed by atoms with E-state index < -0.39 is 15.9 Å². The summed E-state index contributed by atoms with van der Waals surface area (Å²) in [7, 11) is -0.979. The third kappa shape index (κ3) is 4.20. The number of nitrogens with zero attached hydrogens (tertiary/aromatic N) is 3. The standard InChI is InChI=1S/C18H21ClN4O4S2/c1-10-11(2)28-17-16(10)18(25)23(9-20-17)8-15(24)21-12-5-6-13(19)14(7-12)29(26,27)22(3)4/h5-7,9,16-17H,8H2,1-4H3,(H,21,24)/t16-,17+/m1/s1. The second-order valence-corrected chi connectivity index (χ2v) is 10.8. The van der Waals surface area contributed by atoms with Crippen molar-refractivity contribution < 1.29 is 18.0 Å². The predicted octanol–water partition coefficient (Wildman–Crippen LogP) is 2.38. The van der Waals surface area contributed by atoms with E-state index in [9.17, 15) is 18.0 Å². The Morgan fingerprint density at radius 3 is 2.69 bits per heavy atom. The molecule has 156 valence electrons. The van der Waals surface area contributed by atoms with Gasteiger partial charge in [0.1, 0.15) is 16.8 Å². The Kier molecular flexibility index (Phi) is 6.09. The van der Waals surface area contributed by atoms with Gasteiger partial charge in [-0.2, -0.15) is 0 Å². The molecular formula is C18H21ClN4O4S2. The predicted molar refractivity (Wildman–Crippen MR) is 114 cm³/mol. The number of thioether (sulfide) groups is 1. The number of hydrogen-bond donors (Lipinski definition) is 1. The van der Waals surface area contributed by atoms with Crippen LogP contribution in [-0.4, -0.2) is 61.8 Å². The van der Waals surface area contributed by atoms with E-state index in [-0.39, 0.29) is 39.3 Å². The number of nitrogens with one attached hydrogen (secondary N) is 1. The molecule has 11 heteroatoms. The van der Waals surface area contributed by atoms with Gasteiger partial charge in [-0.15, -0.1) is 11.8 Å². The van der Waals surface area contributed by atoms with Crippen molar-refractivity contribution in [3.05, 3.63) is 33.7 Å². The number of benzene rings is 1. The van der Waals surface area contributed by atoms with Crippen molar-refractivity contribution in [1.82, 2.24) is 9.21 Å². The molecule has 0 saturated carbocycles. The summed E-state index contributed by atoms with van der Waals surface area (Å²) in [5, 5.41) is 2.50. The first kappa shape index (κ1) is 21.8. The molecule has 2 amide bonds. The zero-order chi connectivity index (χ0) is 21.5. The van der Waals surface area contributed by atoms with E-state index in [1.54, 1.807) is 11.8 Å². The number of sulfonamides is 1. The summed E-state index contributed by atoms with van der Waals surface area (Å²) in [6.45, 7) is 3.64. The van der Waals surface area contributed by atoms with Crippen molar-refractivity contribution in [2.75, 3.05) is 26.0 Å². The highest BCUT2D eigenvalue weighted by Gasteiger charge is 2.41. The molecule has 0 radical (unpaired) electrons. The summed E-state index contributed by atoms with van der Waals surface area (Å²) >= 11 is 7.57. The number of allylic oxidation sites excluding steroid dienone is 1. The summed E-state index contributed by atoms with van der Waals surface area (Å²) in [6.07, 6.45) is 1.39. The molecule has 1 aromatic carbocycles. The maximum absolute atomic E-state index is 12.8. The number of hydrogen-bond acceptors (Lipinski definition) is 6. The van der Waals surface area contributed by atoms with Crippen LogP contribution in [-0.2, 0) is 19.6 Å². The van der Waals surface area contributed by atoms with E-state index in [1.165, 1.54) is 43.5 Å². The number of anilines is 1. The van der Waals surface area contributed by atoms with Gasteiger partial charge in [0.05, 0.1) is 17.3 Å². The summed E-state index contributed by atoms with van der Waals surface area (Å²) in [5.41, 5.74) is 1.24. The van der Waals surface area contributed by atoms with Crippen molar-refractivity contribution in [1.29, 1.82) is 0 Å². The quantitative estimate of drug-likeness (QED) is 0.733. The van der Waals surface area contributed by atoms with Crippen LogP contribution in [0, 0.1) is 5.92 Å². The number of fused-ring (bicyclic) bond motifs is 1. The maximum Gasteiger partial charge on any atom is 0.244 e. The maximum atomic E-state index is 12.8. The minimum Gasteiger partial charge on any atom is -0.324 e. The number of rotatable bonds is 5. The molecule has 8 nitrogen and oxygen atoms in total. The smallest absolute Gasteiger partial charge is 0.244 e. The first-order chi connectivity index (χ1) is 13.5. The van der Waals surface area contributed by atoms with E-state index >= 15 is 0 Å². The molecule has 2 atom stereocenters. The fraction of sp³-hybridized carbons (Fsp3) is 0.389. The molecule has 2 aliphatic rings. The highest BCUT2D eigenvalue weighted by Crippen LogP contribution is 2.44. The van der Waals surface area contributed by atoms with Crippen LogP contribution in [0.3, 0.4) is 0 Å². The lowest BCUT2D eigenvalue weighted by molar-refractivity contribution is -0.133. The molecule has 0 bridgehead atoms. The minimum atomic E-state index is -3.77. The number of amides is 2. The monoisotopic (exact) mass is 456 g/mol. The first-order valence-corrected chi connectivity index (χ1v) is 11.4. The van der Waals surface area contributed by atoms with Gasteiger partial charge in [0, 0.05) is 19.8 Å². The molecule has 1 N–H and O–H groups in total. The number of halogens is 1. The molecule has 0 aliphatic carbocycles. The van der Waals surface area contributed by atoms with Crippen LogP contribution in [0.15, 0.2) is 38.6 Å². The van der Waals surface area contributed by atoms with Crippen molar-refractivity contribution in [2.24, 2.45) is 10.9 Å². The molecule has 2 heterocycles. The molecular weight excluding hydrogens is 436 g/mol. The van der Waals surface area contributed by atoms with Crippen molar-refractivity contribution in [2.45, 2.75) is 24.1 Å². The van der Waals surface area contributed by atoms with Gasteiger partial charge in [0.15, 0.2) is 0 Å². The largest absolute Gasteiger partial charge is 0.324 e. The van der Waals surface area contributed by atoms with Gasteiger partial charge in [0.2, 0.25) is 21.8 Å². The third-order valence-corrected chi connectivity index (χ3v) is 8.40. The average Bonchev–Trinajstić information content (AvgIpc) is 2.93. The number of carbonyl (C=O) groups excluding carboxylic acids is 2. The molecule has 1 aromatic rings.